The number of nitrogens with two attached hydrogens (primary N) is 1. The fourth-order valence-electron chi connectivity index (χ4n) is 1.98. The van der Waals surface area contributed by atoms with E-state index in [1.54, 1.807) is 6.20 Å². The van der Waals surface area contributed by atoms with E-state index >= 15 is 0 Å². The number of hydrogen-bond donors (Lipinski definition) is 2. The summed E-state index contributed by atoms with van der Waals surface area (Å²) in [5.41, 5.74) is 7.06. The fourth-order valence-corrected chi connectivity index (χ4v) is 1.98. The van der Waals surface area contributed by atoms with Crippen LogP contribution in [0.15, 0.2) is 41.5 Å². The number of carbonyl (C=O) groups excluding carboxylic acids is 1. The van der Waals surface area contributed by atoms with Gasteiger partial charge < -0.3 is 5.73 Å². The maximum atomic E-state index is 11.7. The Hall–Kier alpha value is -2.43. The summed E-state index contributed by atoms with van der Waals surface area (Å²) >= 11 is 0. The summed E-state index contributed by atoms with van der Waals surface area (Å²) in [6, 6.07) is 8.91. The van der Waals surface area contributed by atoms with Gasteiger partial charge in [-0.2, -0.15) is 0 Å². The van der Waals surface area contributed by atoms with Gasteiger partial charge in [0.25, 0.3) is 5.91 Å². The van der Waals surface area contributed by atoms with Crippen LogP contribution in [-0.2, 0) is 4.79 Å². The minimum absolute atomic E-state index is 0.160. The van der Waals surface area contributed by atoms with Crippen molar-refractivity contribution in [1.29, 1.82) is 0 Å². The van der Waals surface area contributed by atoms with Gasteiger partial charge in [0.15, 0.2) is 12.0 Å². The van der Waals surface area contributed by atoms with E-state index in [1.807, 2.05) is 30.3 Å². The summed E-state index contributed by atoms with van der Waals surface area (Å²) in [5, 5.41) is 3.48. The summed E-state index contributed by atoms with van der Waals surface area (Å²) in [7, 11) is 0. The molecule has 0 aliphatic carbocycles. The van der Waals surface area contributed by atoms with Crippen LogP contribution in [-0.4, -0.2) is 16.9 Å². The van der Waals surface area contributed by atoms with E-state index in [9.17, 15) is 4.79 Å². The number of carbonyl (C=O) groups is 1. The summed E-state index contributed by atoms with van der Waals surface area (Å²) < 4.78 is 0. The molecule has 0 radical (unpaired) electrons. The molecular formula is C12H10N4O. The van der Waals surface area contributed by atoms with E-state index in [4.69, 9.17) is 5.73 Å². The lowest BCUT2D eigenvalue weighted by Crippen LogP contribution is -2.31. The van der Waals surface area contributed by atoms with Crippen LogP contribution >= 0.6 is 0 Å². The molecule has 3 N–H and O–H groups in total. The van der Waals surface area contributed by atoms with Crippen molar-refractivity contribution >= 4 is 22.8 Å². The average Bonchev–Trinajstić information content (AvgIpc) is 2.68. The number of aliphatic imine (C=N–C) groups is 1. The quantitative estimate of drug-likeness (QED) is 0.751. The Morgan fingerprint density at radius 1 is 1.24 bits per heavy atom. The number of nitrogens with zero attached hydrogens (tertiary/aromatic N) is 2. The summed E-state index contributed by atoms with van der Waals surface area (Å²) in [6.45, 7) is 0. The highest BCUT2D eigenvalue weighted by atomic mass is 16.2. The highest BCUT2D eigenvalue weighted by molar-refractivity contribution is 6.05. The zero-order valence-electron chi connectivity index (χ0n) is 8.92. The monoisotopic (exact) mass is 226 g/mol. The highest BCUT2D eigenvalue weighted by Gasteiger charge is 2.28. The Kier molecular flexibility index (Phi) is 2.04. The van der Waals surface area contributed by atoms with Crippen LogP contribution in [0.5, 0.6) is 0 Å². The number of benzene rings is 1. The average molecular weight is 226 g/mol. The zero-order chi connectivity index (χ0) is 11.8. The number of para-hydroxylation sites is 1. The number of aromatic nitrogens is 1. The lowest BCUT2D eigenvalue weighted by molar-refractivity contribution is -0.120. The maximum Gasteiger partial charge on any atom is 0.256 e. The van der Waals surface area contributed by atoms with E-state index in [2.05, 4.69) is 15.3 Å². The van der Waals surface area contributed by atoms with Gasteiger partial charge in [0.1, 0.15) is 0 Å². The number of nitrogens with one attached hydrogen (secondary N) is 1. The normalized spacial score (nSPS) is 19.2. The SMILES string of the molecule is NC1=NC(c2cccc3cccnc23)C(=O)N1. The van der Waals surface area contributed by atoms with Crippen molar-refractivity contribution in [3.63, 3.8) is 0 Å². The predicted octanol–water partition coefficient (Wildman–Crippen LogP) is 0.720. The standard InChI is InChI=1S/C12H10N4O/c13-12-15-10(11(17)16-12)8-5-1-3-7-4-2-6-14-9(7)8/h1-6,10H,(H3,13,15,16,17). The second kappa shape index (κ2) is 3.55. The molecule has 2 aromatic rings. The second-order valence-corrected chi connectivity index (χ2v) is 3.83. The summed E-state index contributed by atoms with van der Waals surface area (Å²) in [4.78, 5) is 20.1. The molecule has 1 aromatic carbocycles. The van der Waals surface area contributed by atoms with E-state index in [0.29, 0.717) is 0 Å². The molecule has 1 amide bonds. The Morgan fingerprint density at radius 3 is 2.82 bits per heavy atom. The first-order valence-corrected chi connectivity index (χ1v) is 5.23. The van der Waals surface area contributed by atoms with Gasteiger partial charge in [-0.25, -0.2) is 4.99 Å². The molecule has 1 aliphatic rings. The van der Waals surface area contributed by atoms with Crippen molar-refractivity contribution in [3.05, 3.63) is 42.1 Å². The molecule has 5 nitrogen and oxygen atoms in total. The van der Waals surface area contributed by atoms with E-state index in [1.165, 1.54) is 0 Å². The minimum Gasteiger partial charge on any atom is -0.370 e. The van der Waals surface area contributed by atoms with Crippen LogP contribution in [0.1, 0.15) is 11.6 Å². The smallest absolute Gasteiger partial charge is 0.256 e. The van der Waals surface area contributed by atoms with Gasteiger partial charge in [0.05, 0.1) is 5.52 Å². The van der Waals surface area contributed by atoms with E-state index in [0.717, 1.165) is 16.5 Å². The first-order valence-electron chi connectivity index (χ1n) is 5.23. The molecule has 1 unspecified atom stereocenters. The van der Waals surface area contributed by atoms with Gasteiger partial charge in [0.2, 0.25) is 0 Å². The van der Waals surface area contributed by atoms with Gasteiger partial charge in [-0.05, 0) is 6.07 Å². The van der Waals surface area contributed by atoms with Crippen LogP contribution in [0, 0.1) is 0 Å². The number of fused-ring (bicyclic) bond motifs is 1. The van der Waals surface area contributed by atoms with Gasteiger partial charge in [-0.15, -0.1) is 0 Å². The number of rotatable bonds is 1. The van der Waals surface area contributed by atoms with Gasteiger partial charge >= 0.3 is 0 Å². The Balaban J connectivity index is 2.21. The third-order valence-electron chi connectivity index (χ3n) is 2.73. The molecular weight excluding hydrogens is 216 g/mol. The first kappa shape index (κ1) is 9.77. The van der Waals surface area contributed by atoms with Crippen LogP contribution in [0.25, 0.3) is 10.9 Å². The molecule has 1 aromatic heterocycles. The lowest BCUT2D eigenvalue weighted by atomic mass is 10.0. The maximum absolute atomic E-state index is 11.7. The van der Waals surface area contributed by atoms with Gasteiger partial charge in [-0.3, -0.25) is 15.1 Å². The largest absolute Gasteiger partial charge is 0.370 e. The molecule has 1 aliphatic heterocycles. The molecule has 2 heterocycles. The van der Waals surface area contributed by atoms with E-state index in [-0.39, 0.29) is 11.9 Å². The Bertz CT molecular complexity index is 630. The van der Waals surface area contributed by atoms with E-state index < -0.39 is 6.04 Å². The Labute approximate surface area is 97.4 Å². The molecule has 5 heteroatoms. The predicted molar refractivity (Wildman–Crippen MR) is 64.2 cm³/mol. The van der Waals surface area contributed by atoms with Gasteiger partial charge in [-0.1, -0.05) is 24.3 Å². The van der Waals surface area contributed by atoms with Crippen molar-refractivity contribution in [2.75, 3.05) is 0 Å². The number of hydrogen-bond acceptors (Lipinski definition) is 4. The number of guanidine groups is 1. The molecule has 0 bridgehead atoms. The molecule has 3 rings (SSSR count). The second-order valence-electron chi connectivity index (χ2n) is 3.83. The third-order valence-corrected chi connectivity index (χ3v) is 2.73. The van der Waals surface area contributed by atoms with Gasteiger partial charge in [0, 0.05) is 17.1 Å². The van der Waals surface area contributed by atoms with Crippen LogP contribution in [0.2, 0.25) is 0 Å². The van der Waals surface area contributed by atoms with Crippen molar-refractivity contribution in [2.24, 2.45) is 10.7 Å². The van der Waals surface area contributed by atoms with Crippen LogP contribution in [0.3, 0.4) is 0 Å². The van der Waals surface area contributed by atoms with Crippen molar-refractivity contribution in [1.82, 2.24) is 10.3 Å². The highest BCUT2D eigenvalue weighted by Crippen LogP contribution is 2.26. The first-order chi connectivity index (χ1) is 8.25. The zero-order valence-corrected chi connectivity index (χ0v) is 8.92. The Morgan fingerprint density at radius 2 is 2.06 bits per heavy atom. The van der Waals surface area contributed by atoms with Crippen LogP contribution < -0.4 is 11.1 Å². The van der Waals surface area contributed by atoms with Crippen molar-refractivity contribution in [2.45, 2.75) is 6.04 Å². The molecule has 0 saturated carbocycles. The molecule has 17 heavy (non-hydrogen) atoms. The summed E-state index contributed by atoms with van der Waals surface area (Å²) in [5.74, 6) is -0.0476. The molecule has 84 valence electrons. The summed E-state index contributed by atoms with van der Waals surface area (Å²) in [6.07, 6.45) is 1.70. The molecule has 1 atom stereocenters. The third kappa shape index (κ3) is 1.52. The molecule has 0 saturated heterocycles. The topological polar surface area (TPSA) is 80.4 Å². The number of pyridine rings is 1. The fraction of sp³-hybridized carbons (Fsp3) is 0.0833. The number of amides is 1. The minimum atomic E-state index is -0.589. The lowest BCUT2D eigenvalue weighted by Gasteiger charge is -2.07. The molecule has 0 fully saturated rings. The van der Waals surface area contributed by atoms with Crippen molar-refractivity contribution in [3.8, 4) is 0 Å². The molecule has 0 spiro atoms. The van der Waals surface area contributed by atoms with Crippen molar-refractivity contribution < 1.29 is 4.79 Å². The van der Waals surface area contributed by atoms with Crippen LogP contribution in [0.4, 0.5) is 0 Å².